The van der Waals surface area contributed by atoms with Crippen LogP contribution in [0.1, 0.15) is 0 Å². The number of nitriles is 1. The van der Waals surface area contributed by atoms with Crippen molar-refractivity contribution in [2.75, 3.05) is 18.2 Å². The van der Waals surface area contributed by atoms with Crippen LogP contribution in [-0.4, -0.2) is 41.4 Å². The molecule has 1 heterocycles. The number of nitrogens with one attached hydrogen (secondary N) is 1. The summed E-state index contributed by atoms with van der Waals surface area (Å²) in [5.41, 5.74) is 0. The van der Waals surface area contributed by atoms with E-state index < -0.39 is 0 Å². The summed E-state index contributed by atoms with van der Waals surface area (Å²) in [7, 11) is 0. The maximum atomic E-state index is 11.3. The number of hydrogen-bond donors (Lipinski definition) is 1. The van der Waals surface area contributed by atoms with E-state index in [1.165, 1.54) is 4.90 Å². The molecule has 0 bridgehead atoms. The van der Waals surface area contributed by atoms with Gasteiger partial charge in [0.1, 0.15) is 6.04 Å². The number of thioether (sulfide) groups is 1. The van der Waals surface area contributed by atoms with Crippen molar-refractivity contribution in [2.45, 2.75) is 6.04 Å². The molecule has 0 aromatic heterocycles. The van der Waals surface area contributed by atoms with Gasteiger partial charge in [-0.3, -0.25) is 9.59 Å². The minimum atomic E-state index is -0.342. The van der Waals surface area contributed by atoms with Crippen molar-refractivity contribution in [3.05, 3.63) is 0 Å². The fraction of sp³-hybridized carbons (Fsp3) is 0.571. The molecule has 5 nitrogen and oxygen atoms in total. The minimum absolute atomic E-state index is 0.0256. The molecule has 13 heavy (non-hydrogen) atoms. The van der Waals surface area contributed by atoms with Crippen LogP contribution < -0.4 is 5.32 Å². The molecule has 1 aliphatic rings. The first kappa shape index (κ1) is 9.86. The molecular formula is C7H9N3O2S. The van der Waals surface area contributed by atoms with E-state index in [4.69, 9.17) is 5.26 Å². The molecule has 2 amide bonds. The largest absolute Gasteiger partial charge is 0.350 e. The molecule has 70 valence electrons. The summed E-state index contributed by atoms with van der Waals surface area (Å²) in [6, 6.07) is 1.70. The smallest absolute Gasteiger partial charge is 0.243 e. The fourth-order valence-corrected chi connectivity index (χ4v) is 2.13. The lowest BCUT2D eigenvalue weighted by molar-refractivity contribution is -0.130. The van der Waals surface area contributed by atoms with Crippen LogP contribution in [0.4, 0.5) is 0 Å². The molecule has 0 saturated carbocycles. The molecule has 1 unspecified atom stereocenters. The second kappa shape index (κ2) is 4.72. The van der Waals surface area contributed by atoms with E-state index in [1.807, 2.05) is 6.07 Å². The Labute approximate surface area is 80.1 Å². The van der Waals surface area contributed by atoms with Gasteiger partial charge in [0.25, 0.3) is 0 Å². The van der Waals surface area contributed by atoms with Gasteiger partial charge in [-0.05, 0) is 0 Å². The molecule has 1 N–H and O–H groups in total. The van der Waals surface area contributed by atoms with Gasteiger partial charge in [-0.2, -0.15) is 5.26 Å². The highest BCUT2D eigenvalue weighted by Crippen LogP contribution is 2.19. The quantitative estimate of drug-likeness (QED) is 0.601. The molecule has 1 atom stereocenters. The van der Waals surface area contributed by atoms with Gasteiger partial charge in [-0.1, -0.05) is 0 Å². The van der Waals surface area contributed by atoms with Gasteiger partial charge in [0.05, 0.1) is 18.5 Å². The summed E-state index contributed by atoms with van der Waals surface area (Å²) in [4.78, 5) is 22.7. The first-order valence-electron chi connectivity index (χ1n) is 3.73. The molecule has 1 aliphatic heterocycles. The highest BCUT2D eigenvalue weighted by atomic mass is 32.2. The van der Waals surface area contributed by atoms with Crippen LogP contribution in [0.25, 0.3) is 0 Å². The van der Waals surface area contributed by atoms with Gasteiger partial charge in [0.2, 0.25) is 12.3 Å². The Bertz CT molecular complexity index is 251. The first-order chi connectivity index (χ1) is 6.29. The van der Waals surface area contributed by atoms with Crippen LogP contribution in [-0.2, 0) is 9.59 Å². The molecular weight excluding hydrogens is 190 g/mol. The number of hydrogen-bond acceptors (Lipinski definition) is 4. The van der Waals surface area contributed by atoms with Crippen molar-refractivity contribution in [1.29, 1.82) is 5.26 Å². The van der Waals surface area contributed by atoms with E-state index in [2.05, 4.69) is 5.32 Å². The second-order valence-corrected chi connectivity index (χ2v) is 3.51. The molecule has 0 spiro atoms. The zero-order chi connectivity index (χ0) is 9.68. The Kier molecular flexibility index (Phi) is 3.58. The Morgan fingerprint density at radius 1 is 1.85 bits per heavy atom. The maximum absolute atomic E-state index is 11.3. The number of amides is 2. The van der Waals surface area contributed by atoms with Crippen molar-refractivity contribution in [3.8, 4) is 6.07 Å². The Balaban J connectivity index is 2.46. The standard InChI is InChI=1S/C7H9N3O2S/c8-1-6-3-13-5-10(6)7(12)2-9-4-11/h4,6H,2-3,5H2,(H,9,11). The van der Waals surface area contributed by atoms with E-state index >= 15 is 0 Å². The van der Waals surface area contributed by atoms with Crippen LogP contribution in [0.15, 0.2) is 0 Å². The SMILES string of the molecule is N#CC1CSCN1C(=O)CNC=O. The molecule has 1 saturated heterocycles. The number of rotatable bonds is 3. The average Bonchev–Trinajstić information content (AvgIpc) is 2.61. The van der Waals surface area contributed by atoms with Crippen LogP contribution in [0.2, 0.25) is 0 Å². The summed E-state index contributed by atoms with van der Waals surface area (Å²) in [6.07, 6.45) is 0.475. The number of carbonyl (C=O) groups excluding carboxylic acids is 2. The highest BCUT2D eigenvalue weighted by molar-refractivity contribution is 7.99. The lowest BCUT2D eigenvalue weighted by Crippen LogP contribution is -2.40. The molecule has 0 aliphatic carbocycles. The van der Waals surface area contributed by atoms with Crippen molar-refractivity contribution in [2.24, 2.45) is 0 Å². The number of carbonyl (C=O) groups is 2. The van der Waals surface area contributed by atoms with Crippen LogP contribution in [0, 0.1) is 11.3 Å². The number of nitrogens with zero attached hydrogens (tertiary/aromatic N) is 2. The Hall–Kier alpha value is -1.22. The molecule has 1 fully saturated rings. The van der Waals surface area contributed by atoms with E-state index in [1.54, 1.807) is 11.8 Å². The van der Waals surface area contributed by atoms with Crippen molar-refractivity contribution >= 4 is 24.1 Å². The summed E-state index contributed by atoms with van der Waals surface area (Å²) < 4.78 is 0. The summed E-state index contributed by atoms with van der Waals surface area (Å²) in [6.45, 7) is -0.0256. The maximum Gasteiger partial charge on any atom is 0.243 e. The van der Waals surface area contributed by atoms with Gasteiger partial charge in [0.15, 0.2) is 0 Å². The monoisotopic (exact) mass is 199 g/mol. The van der Waals surface area contributed by atoms with Crippen LogP contribution >= 0.6 is 11.8 Å². The summed E-state index contributed by atoms with van der Waals surface area (Å²) in [5.74, 6) is 0.990. The summed E-state index contributed by atoms with van der Waals surface area (Å²) >= 11 is 1.54. The minimum Gasteiger partial charge on any atom is -0.350 e. The third kappa shape index (κ3) is 2.36. The lowest BCUT2D eigenvalue weighted by atomic mass is 10.3. The van der Waals surface area contributed by atoms with Gasteiger partial charge in [-0.25, -0.2) is 0 Å². The average molecular weight is 199 g/mol. The summed E-state index contributed by atoms with van der Waals surface area (Å²) in [5, 5.41) is 10.9. The third-order valence-electron chi connectivity index (χ3n) is 1.69. The highest BCUT2D eigenvalue weighted by Gasteiger charge is 2.28. The molecule has 1 rings (SSSR count). The fourth-order valence-electron chi connectivity index (χ4n) is 1.03. The molecule has 6 heteroatoms. The van der Waals surface area contributed by atoms with Crippen molar-refractivity contribution in [1.82, 2.24) is 10.2 Å². The van der Waals surface area contributed by atoms with Crippen LogP contribution in [0.3, 0.4) is 0 Å². The first-order valence-corrected chi connectivity index (χ1v) is 4.89. The Morgan fingerprint density at radius 3 is 3.23 bits per heavy atom. The van der Waals surface area contributed by atoms with Crippen molar-refractivity contribution in [3.63, 3.8) is 0 Å². The third-order valence-corrected chi connectivity index (χ3v) is 2.70. The predicted octanol–water partition coefficient (Wildman–Crippen LogP) is -0.843. The van der Waals surface area contributed by atoms with Crippen LogP contribution in [0.5, 0.6) is 0 Å². The second-order valence-electron chi connectivity index (χ2n) is 2.51. The van der Waals surface area contributed by atoms with Gasteiger partial charge >= 0.3 is 0 Å². The molecule has 0 radical (unpaired) electrons. The Morgan fingerprint density at radius 2 is 2.62 bits per heavy atom. The predicted molar refractivity (Wildman–Crippen MR) is 47.6 cm³/mol. The lowest BCUT2D eigenvalue weighted by Gasteiger charge is -2.17. The van der Waals surface area contributed by atoms with Gasteiger partial charge < -0.3 is 10.2 Å². The normalized spacial score (nSPS) is 20.8. The van der Waals surface area contributed by atoms with E-state index in [9.17, 15) is 9.59 Å². The van der Waals surface area contributed by atoms with E-state index in [-0.39, 0.29) is 18.5 Å². The van der Waals surface area contributed by atoms with Crippen molar-refractivity contribution < 1.29 is 9.59 Å². The van der Waals surface area contributed by atoms with E-state index in [0.29, 0.717) is 18.0 Å². The van der Waals surface area contributed by atoms with Gasteiger partial charge in [-0.15, -0.1) is 11.8 Å². The topological polar surface area (TPSA) is 73.2 Å². The molecule has 0 aromatic rings. The van der Waals surface area contributed by atoms with Gasteiger partial charge in [0, 0.05) is 5.75 Å². The zero-order valence-corrected chi connectivity index (χ0v) is 7.71. The van der Waals surface area contributed by atoms with E-state index in [0.717, 1.165) is 0 Å². The zero-order valence-electron chi connectivity index (χ0n) is 6.90. The molecule has 0 aromatic carbocycles.